The number of primary amides is 1. The predicted molar refractivity (Wildman–Crippen MR) is 98.5 cm³/mol. The summed E-state index contributed by atoms with van der Waals surface area (Å²) in [6, 6.07) is 12.7. The highest BCUT2D eigenvalue weighted by Crippen LogP contribution is 2.32. The predicted octanol–water partition coefficient (Wildman–Crippen LogP) is 3.36. The largest absolute Gasteiger partial charge is 0.496 e. The van der Waals surface area contributed by atoms with E-state index in [1.54, 1.807) is 37.4 Å². The van der Waals surface area contributed by atoms with Crippen LogP contribution in [0.5, 0.6) is 5.75 Å². The van der Waals surface area contributed by atoms with Gasteiger partial charge in [-0.2, -0.15) is 0 Å². The average Bonchev–Trinajstić information content (AvgIpc) is 3.44. The molecule has 0 unspecified atom stereocenters. The molecule has 5 nitrogen and oxygen atoms in total. The first-order valence-electron chi connectivity index (χ1n) is 8.03. The molecule has 0 saturated heterocycles. The van der Waals surface area contributed by atoms with Crippen molar-refractivity contribution in [2.24, 2.45) is 5.73 Å². The van der Waals surface area contributed by atoms with Gasteiger partial charge in [0.15, 0.2) is 0 Å². The number of rotatable bonds is 6. The summed E-state index contributed by atoms with van der Waals surface area (Å²) in [5.74, 6) is 0.228. The number of hydrogen-bond acceptors (Lipinski definition) is 3. The number of methoxy groups -OCH3 is 1. The molecule has 0 radical (unpaired) electrons. The van der Waals surface area contributed by atoms with Gasteiger partial charge in [-0.1, -0.05) is 12.1 Å². The molecule has 2 aromatic carbocycles. The van der Waals surface area contributed by atoms with E-state index in [4.69, 9.17) is 10.5 Å². The standard InChI is InChI=1S/C19H19BrN2O3/c1-25-17-9-6-14(10-16(17)20)19(24)22(15-7-8-15)11-12-2-4-13(5-3-12)18(21)23/h2-6,9-10,15H,7-8,11H2,1H3,(H2,21,23). The zero-order valence-electron chi connectivity index (χ0n) is 13.9. The van der Waals surface area contributed by atoms with Crippen molar-refractivity contribution >= 4 is 27.7 Å². The van der Waals surface area contributed by atoms with Gasteiger partial charge in [-0.25, -0.2) is 0 Å². The van der Waals surface area contributed by atoms with Gasteiger partial charge in [0.1, 0.15) is 5.75 Å². The summed E-state index contributed by atoms with van der Waals surface area (Å²) in [7, 11) is 1.59. The number of carbonyl (C=O) groups excluding carboxylic acids is 2. The van der Waals surface area contributed by atoms with E-state index in [0.29, 0.717) is 23.4 Å². The highest BCUT2D eigenvalue weighted by Gasteiger charge is 2.33. The van der Waals surface area contributed by atoms with Crippen LogP contribution >= 0.6 is 15.9 Å². The van der Waals surface area contributed by atoms with Crippen molar-refractivity contribution in [1.82, 2.24) is 4.90 Å². The number of ether oxygens (including phenoxy) is 1. The molecule has 0 aliphatic heterocycles. The number of hydrogen-bond donors (Lipinski definition) is 1. The number of halogens is 1. The SMILES string of the molecule is COc1ccc(C(=O)N(Cc2ccc(C(N)=O)cc2)C2CC2)cc1Br. The third kappa shape index (κ3) is 4.02. The van der Waals surface area contributed by atoms with Gasteiger partial charge in [-0.3, -0.25) is 9.59 Å². The Labute approximate surface area is 154 Å². The molecule has 0 spiro atoms. The van der Waals surface area contributed by atoms with Gasteiger partial charge < -0.3 is 15.4 Å². The Balaban J connectivity index is 1.80. The first-order valence-corrected chi connectivity index (χ1v) is 8.82. The van der Waals surface area contributed by atoms with Crippen LogP contribution in [-0.2, 0) is 6.54 Å². The molecule has 0 aromatic heterocycles. The lowest BCUT2D eigenvalue weighted by Gasteiger charge is -2.23. The molecule has 3 rings (SSSR count). The minimum Gasteiger partial charge on any atom is -0.496 e. The minimum atomic E-state index is -0.454. The zero-order valence-corrected chi connectivity index (χ0v) is 15.5. The van der Waals surface area contributed by atoms with Crippen molar-refractivity contribution in [3.8, 4) is 5.75 Å². The molecule has 1 saturated carbocycles. The van der Waals surface area contributed by atoms with Crippen LogP contribution in [0.1, 0.15) is 39.1 Å². The summed E-state index contributed by atoms with van der Waals surface area (Å²) < 4.78 is 5.97. The monoisotopic (exact) mass is 402 g/mol. The summed E-state index contributed by atoms with van der Waals surface area (Å²) in [5.41, 5.74) is 7.32. The summed E-state index contributed by atoms with van der Waals surface area (Å²) in [6.45, 7) is 0.506. The fourth-order valence-electron chi connectivity index (χ4n) is 2.69. The van der Waals surface area contributed by atoms with Crippen LogP contribution in [0.25, 0.3) is 0 Å². The molecular weight excluding hydrogens is 384 g/mol. The quantitative estimate of drug-likeness (QED) is 0.804. The molecule has 0 bridgehead atoms. The van der Waals surface area contributed by atoms with E-state index < -0.39 is 5.91 Å². The van der Waals surface area contributed by atoms with Crippen molar-refractivity contribution in [3.05, 3.63) is 63.6 Å². The third-order valence-corrected chi connectivity index (χ3v) is 4.86. The lowest BCUT2D eigenvalue weighted by Crippen LogP contribution is -2.32. The van der Waals surface area contributed by atoms with Gasteiger partial charge in [0.25, 0.3) is 5.91 Å². The zero-order chi connectivity index (χ0) is 18.0. The second kappa shape index (κ2) is 7.27. The van der Waals surface area contributed by atoms with Crippen LogP contribution in [-0.4, -0.2) is 29.9 Å². The van der Waals surface area contributed by atoms with Crippen molar-refractivity contribution in [1.29, 1.82) is 0 Å². The first kappa shape index (κ1) is 17.5. The third-order valence-electron chi connectivity index (χ3n) is 4.24. The number of amides is 2. The van der Waals surface area contributed by atoms with E-state index in [-0.39, 0.29) is 11.9 Å². The van der Waals surface area contributed by atoms with Crippen LogP contribution < -0.4 is 10.5 Å². The first-order chi connectivity index (χ1) is 12.0. The van der Waals surface area contributed by atoms with Gasteiger partial charge in [0, 0.05) is 23.7 Å². The van der Waals surface area contributed by atoms with Crippen molar-refractivity contribution in [3.63, 3.8) is 0 Å². The molecule has 2 N–H and O–H groups in total. The molecule has 130 valence electrons. The number of nitrogens with zero attached hydrogens (tertiary/aromatic N) is 1. The fourth-order valence-corrected chi connectivity index (χ4v) is 3.23. The second-order valence-corrected chi connectivity index (χ2v) is 6.93. The number of carbonyl (C=O) groups is 2. The minimum absolute atomic E-state index is 0.00942. The van der Waals surface area contributed by atoms with E-state index in [1.807, 2.05) is 17.0 Å². The van der Waals surface area contributed by atoms with Gasteiger partial charge in [0.05, 0.1) is 11.6 Å². The normalized spacial score (nSPS) is 13.4. The average molecular weight is 403 g/mol. The molecule has 1 aliphatic rings. The number of benzene rings is 2. The Morgan fingerprint density at radius 2 is 1.80 bits per heavy atom. The molecule has 0 heterocycles. The van der Waals surface area contributed by atoms with Crippen LogP contribution in [0, 0.1) is 0 Å². The van der Waals surface area contributed by atoms with Crippen molar-refractivity contribution < 1.29 is 14.3 Å². The molecule has 2 amide bonds. The van der Waals surface area contributed by atoms with Crippen molar-refractivity contribution in [2.75, 3.05) is 7.11 Å². The summed E-state index contributed by atoms with van der Waals surface area (Å²) >= 11 is 3.43. The molecule has 6 heteroatoms. The van der Waals surface area contributed by atoms with Crippen LogP contribution in [0.15, 0.2) is 46.9 Å². The summed E-state index contributed by atoms with van der Waals surface area (Å²) in [4.78, 5) is 26.0. The molecule has 0 atom stereocenters. The lowest BCUT2D eigenvalue weighted by molar-refractivity contribution is 0.0729. The van der Waals surface area contributed by atoms with Crippen LogP contribution in [0.3, 0.4) is 0 Å². The Morgan fingerprint density at radius 1 is 1.16 bits per heavy atom. The Kier molecular flexibility index (Phi) is 5.08. The maximum absolute atomic E-state index is 12.9. The smallest absolute Gasteiger partial charge is 0.254 e. The van der Waals surface area contributed by atoms with Gasteiger partial charge >= 0.3 is 0 Å². The Bertz CT molecular complexity index is 801. The molecule has 1 aliphatic carbocycles. The molecule has 2 aromatic rings. The van der Waals surface area contributed by atoms with Gasteiger partial charge in [-0.15, -0.1) is 0 Å². The van der Waals surface area contributed by atoms with E-state index >= 15 is 0 Å². The van der Waals surface area contributed by atoms with Crippen LogP contribution in [0.4, 0.5) is 0 Å². The number of nitrogens with two attached hydrogens (primary N) is 1. The molecule has 25 heavy (non-hydrogen) atoms. The van der Waals surface area contributed by atoms with Crippen LogP contribution in [0.2, 0.25) is 0 Å². The van der Waals surface area contributed by atoms with E-state index in [1.165, 1.54) is 0 Å². The second-order valence-electron chi connectivity index (χ2n) is 6.07. The lowest BCUT2D eigenvalue weighted by atomic mass is 10.1. The van der Waals surface area contributed by atoms with Gasteiger partial charge in [-0.05, 0) is 64.7 Å². The highest BCUT2D eigenvalue weighted by atomic mass is 79.9. The van der Waals surface area contributed by atoms with Crippen molar-refractivity contribution in [2.45, 2.75) is 25.4 Å². The van der Waals surface area contributed by atoms with E-state index in [0.717, 1.165) is 22.9 Å². The highest BCUT2D eigenvalue weighted by molar-refractivity contribution is 9.10. The Morgan fingerprint density at radius 3 is 2.32 bits per heavy atom. The summed E-state index contributed by atoms with van der Waals surface area (Å²) in [6.07, 6.45) is 2.03. The topological polar surface area (TPSA) is 72.6 Å². The van der Waals surface area contributed by atoms with E-state index in [2.05, 4.69) is 15.9 Å². The molecule has 1 fully saturated rings. The molecular formula is C19H19BrN2O3. The fraction of sp³-hybridized carbons (Fsp3) is 0.263. The Hall–Kier alpha value is -2.34. The maximum atomic E-state index is 12.9. The van der Waals surface area contributed by atoms with E-state index in [9.17, 15) is 9.59 Å². The van der Waals surface area contributed by atoms with Gasteiger partial charge in [0.2, 0.25) is 5.91 Å². The summed E-state index contributed by atoms with van der Waals surface area (Å²) in [5, 5.41) is 0. The maximum Gasteiger partial charge on any atom is 0.254 e.